The van der Waals surface area contributed by atoms with Crippen molar-refractivity contribution in [2.75, 3.05) is 5.32 Å². The number of benzene rings is 2. The van der Waals surface area contributed by atoms with Gasteiger partial charge in [-0.1, -0.05) is 40.9 Å². The van der Waals surface area contributed by atoms with Gasteiger partial charge in [0.25, 0.3) is 11.8 Å². The Morgan fingerprint density at radius 1 is 1.00 bits per heavy atom. The minimum atomic E-state index is -0.860. The number of ether oxygens (including phenoxy) is 1. The summed E-state index contributed by atoms with van der Waals surface area (Å²) < 4.78 is 5.18. The predicted octanol–water partition coefficient (Wildman–Crippen LogP) is 3.98. The molecule has 3 amide bonds. The number of hydroxylamine groups is 2. The molecule has 1 aliphatic rings. The molecule has 0 aliphatic carbocycles. The van der Waals surface area contributed by atoms with Gasteiger partial charge in [-0.05, 0) is 44.5 Å². The van der Waals surface area contributed by atoms with Gasteiger partial charge in [0.1, 0.15) is 5.60 Å². The van der Waals surface area contributed by atoms with Crippen molar-refractivity contribution in [2.45, 2.75) is 32.8 Å². The van der Waals surface area contributed by atoms with E-state index in [0.717, 1.165) is 0 Å². The van der Waals surface area contributed by atoms with Crippen LogP contribution in [0.2, 0.25) is 5.02 Å². The third-order valence-electron chi connectivity index (χ3n) is 4.00. The lowest BCUT2D eigenvalue weighted by atomic mass is 10.1. The highest BCUT2D eigenvalue weighted by Crippen LogP contribution is 2.28. The second-order valence-corrected chi connectivity index (χ2v) is 7.87. The third kappa shape index (κ3) is 4.60. The molecule has 2 aromatic carbocycles. The number of rotatable bonds is 4. The molecule has 1 aliphatic heterocycles. The van der Waals surface area contributed by atoms with Crippen LogP contribution in [-0.2, 0) is 20.8 Å². The van der Waals surface area contributed by atoms with Gasteiger partial charge >= 0.3 is 12.1 Å². The average molecular weight is 431 g/mol. The summed E-state index contributed by atoms with van der Waals surface area (Å²) in [6.45, 7) is 5.17. The van der Waals surface area contributed by atoms with Crippen molar-refractivity contribution in [2.24, 2.45) is 0 Å². The first-order chi connectivity index (χ1) is 14.1. The van der Waals surface area contributed by atoms with E-state index in [9.17, 15) is 19.2 Å². The molecule has 0 bridgehead atoms. The Morgan fingerprint density at radius 2 is 1.60 bits per heavy atom. The third-order valence-corrected chi connectivity index (χ3v) is 4.45. The van der Waals surface area contributed by atoms with Crippen molar-refractivity contribution < 1.29 is 28.8 Å². The molecule has 0 atom stereocenters. The molecule has 0 aromatic heterocycles. The van der Waals surface area contributed by atoms with E-state index in [4.69, 9.17) is 21.2 Å². The van der Waals surface area contributed by atoms with Gasteiger partial charge in [0.15, 0.2) is 0 Å². The Hall–Kier alpha value is -3.39. The summed E-state index contributed by atoms with van der Waals surface area (Å²) in [5, 5.41) is 3.06. The van der Waals surface area contributed by atoms with Crippen LogP contribution in [-0.4, -0.2) is 34.5 Å². The highest BCUT2D eigenvalue weighted by molar-refractivity contribution is 6.34. The zero-order chi connectivity index (χ0) is 22.1. The Labute approximate surface area is 177 Å². The molecule has 156 valence electrons. The SMILES string of the molecule is CC(C)(C)OC(=O)Nc1cccc(CC(=O)ON2C(=O)c3ccccc3C2=O)c1Cl. The van der Waals surface area contributed by atoms with Crippen molar-refractivity contribution >= 4 is 41.2 Å². The van der Waals surface area contributed by atoms with Crippen LogP contribution in [0.4, 0.5) is 10.5 Å². The number of imide groups is 1. The van der Waals surface area contributed by atoms with Crippen molar-refractivity contribution in [3.8, 4) is 0 Å². The number of amides is 3. The molecule has 1 N–H and O–H groups in total. The summed E-state index contributed by atoms with van der Waals surface area (Å²) in [6, 6.07) is 10.9. The van der Waals surface area contributed by atoms with Gasteiger partial charge in [0, 0.05) is 0 Å². The van der Waals surface area contributed by atoms with Crippen LogP contribution >= 0.6 is 11.6 Å². The van der Waals surface area contributed by atoms with E-state index in [1.54, 1.807) is 51.1 Å². The fourth-order valence-corrected chi connectivity index (χ4v) is 3.01. The van der Waals surface area contributed by atoms with Crippen LogP contribution in [0.25, 0.3) is 0 Å². The minimum absolute atomic E-state index is 0.114. The van der Waals surface area contributed by atoms with Crippen molar-refractivity contribution in [1.82, 2.24) is 5.06 Å². The second-order valence-electron chi connectivity index (χ2n) is 7.50. The lowest BCUT2D eigenvalue weighted by Gasteiger charge is -2.20. The number of fused-ring (bicyclic) bond motifs is 1. The topological polar surface area (TPSA) is 102 Å². The smallest absolute Gasteiger partial charge is 0.412 e. The van der Waals surface area contributed by atoms with E-state index in [2.05, 4.69) is 5.32 Å². The largest absolute Gasteiger partial charge is 0.444 e. The molecule has 8 nitrogen and oxygen atoms in total. The van der Waals surface area contributed by atoms with Crippen LogP contribution < -0.4 is 5.32 Å². The number of nitrogens with one attached hydrogen (secondary N) is 1. The molecule has 9 heteroatoms. The van der Waals surface area contributed by atoms with E-state index in [1.807, 2.05) is 0 Å². The molecular weight excluding hydrogens is 412 g/mol. The first-order valence-corrected chi connectivity index (χ1v) is 9.40. The fourth-order valence-electron chi connectivity index (χ4n) is 2.77. The number of nitrogens with zero attached hydrogens (tertiary/aromatic N) is 1. The van der Waals surface area contributed by atoms with Crippen molar-refractivity contribution in [3.63, 3.8) is 0 Å². The van der Waals surface area contributed by atoms with Gasteiger partial charge in [0.05, 0.1) is 28.3 Å². The molecule has 0 unspecified atom stereocenters. The van der Waals surface area contributed by atoms with Gasteiger partial charge in [0.2, 0.25) is 0 Å². The summed E-state index contributed by atoms with van der Waals surface area (Å²) in [7, 11) is 0. The molecule has 1 heterocycles. The quantitative estimate of drug-likeness (QED) is 0.736. The molecule has 0 fully saturated rings. The lowest BCUT2D eigenvalue weighted by Crippen LogP contribution is -2.33. The molecule has 2 aromatic rings. The summed E-state index contributed by atoms with van der Waals surface area (Å²) in [4.78, 5) is 53.9. The van der Waals surface area contributed by atoms with Gasteiger partial charge < -0.3 is 9.57 Å². The van der Waals surface area contributed by atoms with Crippen LogP contribution in [0.15, 0.2) is 42.5 Å². The van der Waals surface area contributed by atoms with E-state index < -0.39 is 29.5 Å². The fraction of sp³-hybridized carbons (Fsp3) is 0.238. The van der Waals surface area contributed by atoms with Gasteiger partial charge in [-0.25, -0.2) is 9.59 Å². The molecule has 3 rings (SSSR count). The first-order valence-electron chi connectivity index (χ1n) is 9.03. The number of carbonyl (C=O) groups excluding carboxylic acids is 4. The number of anilines is 1. The van der Waals surface area contributed by atoms with Crippen LogP contribution in [0, 0.1) is 0 Å². The molecule has 30 heavy (non-hydrogen) atoms. The zero-order valence-electron chi connectivity index (χ0n) is 16.5. The summed E-state index contributed by atoms with van der Waals surface area (Å²) in [5.41, 5.74) is 0.224. The number of halogens is 1. The summed E-state index contributed by atoms with van der Waals surface area (Å²) >= 11 is 6.29. The molecular formula is C21H19ClN2O6. The highest BCUT2D eigenvalue weighted by Gasteiger charge is 2.38. The number of hydrogen-bond donors (Lipinski definition) is 1. The Bertz CT molecular complexity index is 1010. The van der Waals surface area contributed by atoms with E-state index >= 15 is 0 Å². The van der Waals surface area contributed by atoms with Gasteiger partial charge in [-0.3, -0.25) is 14.9 Å². The summed E-state index contributed by atoms with van der Waals surface area (Å²) in [5.74, 6) is -2.29. The van der Waals surface area contributed by atoms with E-state index in [1.165, 1.54) is 12.1 Å². The first kappa shape index (κ1) is 21.3. The molecule has 0 saturated heterocycles. The Morgan fingerprint density at radius 3 is 2.17 bits per heavy atom. The summed E-state index contributed by atoms with van der Waals surface area (Å²) in [6.07, 6.45) is -1.02. The van der Waals surface area contributed by atoms with E-state index in [-0.39, 0.29) is 28.3 Å². The predicted molar refractivity (Wildman–Crippen MR) is 108 cm³/mol. The maximum atomic E-state index is 12.3. The maximum absolute atomic E-state index is 12.3. The normalized spacial score (nSPS) is 13.1. The monoisotopic (exact) mass is 430 g/mol. The molecule has 0 saturated carbocycles. The molecule has 0 radical (unpaired) electrons. The van der Waals surface area contributed by atoms with Crippen LogP contribution in [0.3, 0.4) is 0 Å². The Balaban J connectivity index is 1.68. The zero-order valence-corrected chi connectivity index (χ0v) is 17.3. The molecule has 0 spiro atoms. The van der Waals surface area contributed by atoms with Gasteiger partial charge in [-0.15, -0.1) is 0 Å². The van der Waals surface area contributed by atoms with Crippen molar-refractivity contribution in [1.29, 1.82) is 0 Å². The standard InChI is InChI=1S/C21H19ClN2O6/c1-21(2,3)29-20(28)23-15-10-6-7-12(17(15)22)11-16(25)30-24-18(26)13-8-4-5-9-14(13)19(24)27/h4-10H,11H2,1-3H3,(H,23,28). The lowest BCUT2D eigenvalue weighted by molar-refractivity contribution is -0.167. The van der Waals surface area contributed by atoms with Gasteiger partial charge in [-0.2, -0.15) is 0 Å². The second kappa shape index (κ2) is 8.16. The van der Waals surface area contributed by atoms with E-state index in [0.29, 0.717) is 10.6 Å². The average Bonchev–Trinajstić information content (AvgIpc) is 2.89. The maximum Gasteiger partial charge on any atom is 0.412 e. The number of carbonyl (C=O) groups is 4. The minimum Gasteiger partial charge on any atom is -0.444 e. The number of hydrogen-bond acceptors (Lipinski definition) is 6. The highest BCUT2D eigenvalue weighted by atomic mass is 35.5. The van der Waals surface area contributed by atoms with Crippen molar-refractivity contribution in [3.05, 3.63) is 64.2 Å². The van der Waals surface area contributed by atoms with Crippen LogP contribution in [0.1, 0.15) is 47.1 Å². The Kier molecular flexibility index (Phi) is 5.80. The van der Waals surface area contributed by atoms with Crippen LogP contribution in [0.5, 0.6) is 0 Å².